The number of amides is 1. The van der Waals surface area contributed by atoms with E-state index in [0.717, 1.165) is 18.9 Å². The van der Waals surface area contributed by atoms with Crippen molar-refractivity contribution in [2.24, 2.45) is 0 Å². The molecule has 6 rings (SSSR count). The lowest BCUT2D eigenvalue weighted by Crippen LogP contribution is -2.42. The molecule has 1 N–H and O–H groups in total. The zero-order valence-corrected chi connectivity index (χ0v) is 23.9. The van der Waals surface area contributed by atoms with Crippen LogP contribution in [-0.2, 0) is 11.3 Å². The van der Waals surface area contributed by atoms with E-state index in [1.165, 1.54) is 16.6 Å². The maximum Gasteiger partial charge on any atom is 0.410 e. The molecule has 4 aromatic heterocycles. The van der Waals surface area contributed by atoms with Gasteiger partial charge in [0.2, 0.25) is 0 Å². The molecule has 1 atom stereocenters. The Bertz CT molecular complexity index is 1790. The van der Waals surface area contributed by atoms with Crippen LogP contribution in [0.15, 0.2) is 54.9 Å². The summed E-state index contributed by atoms with van der Waals surface area (Å²) >= 11 is 0. The summed E-state index contributed by atoms with van der Waals surface area (Å²) in [5.74, 6) is -0.337. The maximum absolute atomic E-state index is 13.8. The highest BCUT2D eigenvalue weighted by Crippen LogP contribution is 2.26. The van der Waals surface area contributed by atoms with Crippen LogP contribution in [0.4, 0.5) is 19.3 Å². The molecule has 0 radical (unpaired) electrons. The number of anilines is 1. The molecule has 13 heteroatoms. The molecule has 1 unspecified atom stereocenters. The Balaban J connectivity index is 1.15. The van der Waals surface area contributed by atoms with Crippen molar-refractivity contribution in [2.75, 3.05) is 18.5 Å². The summed E-state index contributed by atoms with van der Waals surface area (Å²) in [4.78, 5) is 23.3. The molecule has 43 heavy (non-hydrogen) atoms. The second kappa shape index (κ2) is 11.4. The lowest BCUT2D eigenvalue weighted by atomic mass is 10.1. The first-order valence-electron chi connectivity index (χ1n) is 13.9. The highest BCUT2D eigenvalue weighted by atomic mass is 19.1. The third-order valence-electron chi connectivity index (χ3n) is 6.92. The van der Waals surface area contributed by atoms with Crippen LogP contribution in [0.1, 0.15) is 39.4 Å². The van der Waals surface area contributed by atoms with Gasteiger partial charge in [0.1, 0.15) is 35.1 Å². The minimum Gasteiger partial charge on any atom is -0.490 e. The van der Waals surface area contributed by atoms with Crippen molar-refractivity contribution < 1.29 is 23.0 Å². The second-order valence-electron chi connectivity index (χ2n) is 11.3. The first kappa shape index (κ1) is 28.2. The van der Waals surface area contributed by atoms with Gasteiger partial charge in [-0.05, 0) is 63.9 Å². The fourth-order valence-electron chi connectivity index (χ4n) is 4.97. The largest absolute Gasteiger partial charge is 0.490 e. The van der Waals surface area contributed by atoms with Crippen LogP contribution in [0, 0.1) is 11.6 Å². The zero-order chi connectivity index (χ0) is 30.1. The van der Waals surface area contributed by atoms with E-state index in [9.17, 15) is 13.6 Å². The Morgan fingerprint density at radius 3 is 2.67 bits per heavy atom. The van der Waals surface area contributed by atoms with Crippen molar-refractivity contribution in [2.45, 2.75) is 51.8 Å². The molecule has 0 bridgehead atoms. The lowest BCUT2D eigenvalue weighted by Gasteiger charge is -2.28. The van der Waals surface area contributed by atoms with Crippen LogP contribution in [-0.4, -0.2) is 65.6 Å². The molecule has 222 valence electrons. The van der Waals surface area contributed by atoms with Gasteiger partial charge in [0.15, 0.2) is 11.5 Å². The van der Waals surface area contributed by atoms with Crippen molar-refractivity contribution in [1.82, 2.24) is 34.7 Å². The van der Waals surface area contributed by atoms with Gasteiger partial charge in [0.25, 0.3) is 0 Å². The Labute approximate surface area is 245 Å². The van der Waals surface area contributed by atoms with Crippen molar-refractivity contribution in [3.63, 3.8) is 0 Å². The number of rotatable bonds is 7. The smallest absolute Gasteiger partial charge is 0.410 e. The van der Waals surface area contributed by atoms with Crippen molar-refractivity contribution in [3.05, 3.63) is 72.3 Å². The monoisotopic (exact) mass is 588 g/mol. The van der Waals surface area contributed by atoms with E-state index in [2.05, 4.69) is 30.6 Å². The molecule has 1 aliphatic rings. The van der Waals surface area contributed by atoms with Gasteiger partial charge in [0, 0.05) is 30.4 Å². The van der Waals surface area contributed by atoms with E-state index in [0.29, 0.717) is 58.4 Å². The van der Waals surface area contributed by atoms with E-state index >= 15 is 0 Å². The molecule has 1 fully saturated rings. The van der Waals surface area contributed by atoms with Gasteiger partial charge in [-0.1, -0.05) is 0 Å². The number of pyridine rings is 2. The standard InChI is InChI=1S/C30H30F2N8O3/c1-30(2,3)43-29(41)39-10-4-5-21(39)17-42-22-14-25-28(35-15-22)24(8-9-33-25)34-16-27-37-36-26-7-6-23(38-40(26)27)18-11-19(31)13-20(32)12-18/h6-9,11-15,21H,4-5,10,16-17H2,1-3H3,(H,33,34). The third-order valence-corrected chi connectivity index (χ3v) is 6.92. The Kier molecular flexibility index (Phi) is 7.46. The van der Waals surface area contributed by atoms with E-state index in [-0.39, 0.29) is 18.7 Å². The molecule has 0 aliphatic carbocycles. The molecular formula is C30H30F2N8O3. The number of halogens is 2. The van der Waals surface area contributed by atoms with E-state index < -0.39 is 17.2 Å². The Morgan fingerprint density at radius 1 is 1.07 bits per heavy atom. The maximum atomic E-state index is 13.8. The minimum absolute atomic E-state index is 0.0847. The predicted octanol–water partition coefficient (Wildman–Crippen LogP) is 5.40. The van der Waals surface area contributed by atoms with Crippen LogP contribution < -0.4 is 10.1 Å². The number of ether oxygens (including phenoxy) is 2. The summed E-state index contributed by atoms with van der Waals surface area (Å²) in [6.07, 6.45) is 4.68. The molecule has 11 nitrogen and oxygen atoms in total. The highest BCUT2D eigenvalue weighted by Gasteiger charge is 2.32. The number of carbonyl (C=O) groups is 1. The van der Waals surface area contributed by atoms with Gasteiger partial charge in [-0.2, -0.15) is 9.61 Å². The van der Waals surface area contributed by atoms with Gasteiger partial charge < -0.3 is 19.7 Å². The van der Waals surface area contributed by atoms with E-state index in [4.69, 9.17) is 9.47 Å². The fourth-order valence-corrected chi connectivity index (χ4v) is 4.97. The van der Waals surface area contributed by atoms with Crippen molar-refractivity contribution >= 4 is 28.5 Å². The Morgan fingerprint density at radius 2 is 1.88 bits per heavy atom. The van der Waals surface area contributed by atoms with Crippen LogP contribution >= 0.6 is 0 Å². The third kappa shape index (κ3) is 6.30. The van der Waals surface area contributed by atoms with Gasteiger partial charge in [-0.15, -0.1) is 10.2 Å². The number of hydrogen-bond acceptors (Lipinski definition) is 9. The second-order valence-corrected chi connectivity index (χ2v) is 11.3. The summed E-state index contributed by atoms with van der Waals surface area (Å²) in [6.45, 7) is 6.75. The van der Waals surface area contributed by atoms with Gasteiger partial charge in [-0.25, -0.2) is 18.6 Å². The molecule has 5 heterocycles. The summed E-state index contributed by atoms with van der Waals surface area (Å²) in [5, 5.41) is 16.2. The van der Waals surface area contributed by atoms with Gasteiger partial charge in [-0.3, -0.25) is 4.98 Å². The molecule has 1 aliphatic heterocycles. The molecule has 5 aromatic rings. The fraction of sp³-hybridized carbons (Fsp3) is 0.333. The number of nitrogens with one attached hydrogen (secondary N) is 1. The van der Waals surface area contributed by atoms with Gasteiger partial charge >= 0.3 is 6.09 Å². The van der Waals surface area contributed by atoms with Crippen LogP contribution in [0.2, 0.25) is 0 Å². The average Bonchev–Trinajstić information content (AvgIpc) is 3.60. The molecule has 0 spiro atoms. The lowest BCUT2D eigenvalue weighted by molar-refractivity contribution is 0.0187. The van der Waals surface area contributed by atoms with E-state index in [1.54, 1.807) is 41.6 Å². The number of benzene rings is 1. The van der Waals surface area contributed by atoms with Crippen LogP contribution in [0.3, 0.4) is 0 Å². The average molecular weight is 589 g/mol. The molecule has 1 aromatic carbocycles. The Hall–Kier alpha value is -4.94. The number of carbonyl (C=O) groups excluding carboxylic acids is 1. The number of hydrogen-bond donors (Lipinski definition) is 1. The zero-order valence-electron chi connectivity index (χ0n) is 23.9. The molecular weight excluding hydrogens is 558 g/mol. The SMILES string of the molecule is CC(C)(C)OC(=O)N1CCCC1COc1cnc2c(NCc3nnc4ccc(-c5cc(F)cc(F)c5)nn34)ccnc2c1. The molecule has 0 saturated carbocycles. The number of likely N-dealkylation sites (tertiary alicyclic amines) is 1. The summed E-state index contributed by atoms with van der Waals surface area (Å²) < 4.78 is 40.6. The van der Waals surface area contributed by atoms with Crippen LogP contribution in [0.5, 0.6) is 5.75 Å². The first-order chi connectivity index (χ1) is 20.6. The number of fused-ring (bicyclic) bond motifs is 2. The van der Waals surface area contributed by atoms with E-state index in [1.807, 2.05) is 20.8 Å². The normalized spacial score (nSPS) is 15.3. The topological polar surface area (TPSA) is 120 Å². The number of aromatic nitrogens is 6. The highest BCUT2D eigenvalue weighted by molar-refractivity contribution is 5.87. The molecule has 1 saturated heterocycles. The number of nitrogens with zero attached hydrogens (tertiary/aromatic N) is 7. The summed E-state index contributed by atoms with van der Waals surface area (Å²) in [6, 6.07) is 10.1. The predicted molar refractivity (Wildman–Crippen MR) is 154 cm³/mol. The quantitative estimate of drug-likeness (QED) is 0.266. The van der Waals surface area contributed by atoms with Crippen molar-refractivity contribution in [3.8, 4) is 17.0 Å². The molecule has 1 amide bonds. The van der Waals surface area contributed by atoms with Gasteiger partial charge in [0.05, 0.1) is 35.7 Å². The minimum atomic E-state index is -0.686. The first-order valence-corrected chi connectivity index (χ1v) is 13.9. The van der Waals surface area contributed by atoms with Crippen molar-refractivity contribution in [1.29, 1.82) is 0 Å². The van der Waals surface area contributed by atoms with Crippen LogP contribution in [0.25, 0.3) is 27.9 Å². The summed E-state index contributed by atoms with van der Waals surface area (Å²) in [7, 11) is 0. The summed E-state index contributed by atoms with van der Waals surface area (Å²) in [5.41, 5.74) is 2.58.